The third kappa shape index (κ3) is 4.16. The molecule has 0 unspecified atom stereocenters. The van der Waals surface area contributed by atoms with Crippen LogP contribution in [0, 0.1) is 6.92 Å². The second-order valence-electron chi connectivity index (χ2n) is 7.34. The van der Waals surface area contributed by atoms with Crippen LogP contribution in [0.3, 0.4) is 0 Å². The Morgan fingerprint density at radius 2 is 1.47 bits per heavy atom. The van der Waals surface area contributed by atoms with Gasteiger partial charge in [0, 0.05) is 29.9 Å². The predicted molar refractivity (Wildman–Crippen MR) is 118 cm³/mol. The van der Waals surface area contributed by atoms with Crippen LogP contribution in [0.15, 0.2) is 59.1 Å². The molecule has 0 atom stereocenters. The molecule has 0 aromatic heterocycles. The van der Waals surface area contributed by atoms with Crippen molar-refractivity contribution in [2.75, 3.05) is 17.8 Å². The Kier molecular flexibility index (Phi) is 6.41. The highest BCUT2D eigenvalue weighted by molar-refractivity contribution is 7.97. The first kappa shape index (κ1) is 21.8. The summed E-state index contributed by atoms with van der Waals surface area (Å²) in [6, 6.07) is 13.2. The first-order valence-corrected chi connectivity index (χ1v) is 11.6. The number of carbonyl (C=O) groups excluding carboxylic acids is 2. The number of sulfonamides is 1. The molecule has 3 rings (SSSR count). The molecule has 0 heterocycles. The fraction of sp³-hybridized carbons (Fsp3) is 0.304. The fourth-order valence-corrected chi connectivity index (χ4v) is 5.04. The molecule has 0 fully saturated rings. The summed E-state index contributed by atoms with van der Waals surface area (Å²) in [5, 5.41) is 0. The number of nitrogens with one attached hydrogen (secondary N) is 1. The molecule has 6 nitrogen and oxygen atoms in total. The lowest BCUT2D eigenvalue weighted by Crippen LogP contribution is -2.38. The highest BCUT2D eigenvalue weighted by atomic mass is 32.2. The van der Waals surface area contributed by atoms with Crippen molar-refractivity contribution >= 4 is 27.3 Å². The maximum atomic E-state index is 13.4. The number of rotatable bonds is 8. The van der Waals surface area contributed by atoms with Gasteiger partial charge >= 0.3 is 0 Å². The highest BCUT2D eigenvalue weighted by Crippen LogP contribution is 2.32. The van der Waals surface area contributed by atoms with Gasteiger partial charge in [0.15, 0.2) is 4.91 Å². The lowest BCUT2D eigenvalue weighted by Gasteiger charge is -2.31. The number of anilines is 1. The van der Waals surface area contributed by atoms with Crippen molar-refractivity contribution in [3.8, 4) is 0 Å². The third-order valence-electron chi connectivity index (χ3n) is 4.89. The topological polar surface area (TPSA) is 83.6 Å². The molecule has 2 aromatic carbocycles. The van der Waals surface area contributed by atoms with E-state index in [0.717, 1.165) is 5.56 Å². The van der Waals surface area contributed by atoms with Crippen molar-refractivity contribution in [3.05, 3.63) is 75.8 Å². The minimum atomic E-state index is -4.29. The van der Waals surface area contributed by atoms with Gasteiger partial charge in [-0.05, 0) is 37.5 Å². The molecule has 1 N–H and O–H groups in total. The van der Waals surface area contributed by atoms with Crippen LogP contribution in [0.2, 0.25) is 0 Å². The van der Waals surface area contributed by atoms with Gasteiger partial charge in [-0.25, -0.2) is 8.42 Å². The fourth-order valence-electron chi connectivity index (χ4n) is 3.67. The normalized spacial score (nSPS) is 14.0. The van der Waals surface area contributed by atoms with E-state index in [2.05, 4.69) is 4.72 Å². The Morgan fingerprint density at radius 3 is 2.03 bits per heavy atom. The molecule has 0 bridgehead atoms. The molecule has 0 amide bonds. The number of benzene rings is 2. The van der Waals surface area contributed by atoms with Crippen molar-refractivity contribution in [1.29, 1.82) is 0 Å². The lowest BCUT2D eigenvalue weighted by molar-refractivity contribution is 0.0946. The van der Waals surface area contributed by atoms with E-state index in [0.29, 0.717) is 31.6 Å². The number of allylic oxidation sites excluding steroid dienone is 2. The van der Waals surface area contributed by atoms with Crippen molar-refractivity contribution in [1.82, 2.24) is 4.90 Å². The van der Waals surface area contributed by atoms with Crippen molar-refractivity contribution in [2.45, 2.75) is 33.6 Å². The van der Waals surface area contributed by atoms with Gasteiger partial charge in [0.05, 0.1) is 0 Å². The Bertz CT molecular complexity index is 1110. The predicted octanol–water partition coefficient (Wildman–Crippen LogP) is 4.15. The van der Waals surface area contributed by atoms with Crippen LogP contribution in [-0.4, -0.2) is 38.0 Å². The third-order valence-corrected chi connectivity index (χ3v) is 6.32. The number of fused-ring (bicyclic) bond motifs is 1. The standard InChI is InChI=1S/C23H26N2O4S/c1-4-13-25(14-5-2)20-21(26)18-11-6-7-12-19(18)22(27)23(20)30(28,29)24-17-10-8-9-16(3)15-17/h6-12,15,24H,4-5,13-14H2,1-3H3. The van der Waals surface area contributed by atoms with Crippen LogP contribution in [0.4, 0.5) is 5.69 Å². The largest absolute Gasteiger partial charge is 0.367 e. The second-order valence-corrected chi connectivity index (χ2v) is 8.96. The zero-order valence-electron chi connectivity index (χ0n) is 17.4. The van der Waals surface area contributed by atoms with Gasteiger partial charge in [-0.15, -0.1) is 0 Å². The zero-order valence-corrected chi connectivity index (χ0v) is 18.3. The van der Waals surface area contributed by atoms with Crippen LogP contribution in [-0.2, 0) is 10.0 Å². The molecule has 7 heteroatoms. The van der Waals surface area contributed by atoms with E-state index in [1.165, 1.54) is 6.07 Å². The summed E-state index contributed by atoms with van der Waals surface area (Å²) in [7, 11) is -4.29. The van der Waals surface area contributed by atoms with E-state index in [1.54, 1.807) is 41.3 Å². The Morgan fingerprint density at radius 1 is 0.867 bits per heavy atom. The van der Waals surface area contributed by atoms with Crippen molar-refractivity contribution in [2.24, 2.45) is 0 Å². The molecule has 1 aliphatic carbocycles. The van der Waals surface area contributed by atoms with Crippen LogP contribution < -0.4 is 4.72 Å². The minimum Gasteiger partial charge on any atom is -0.367 e. The van der Waals surface area contributed by atoms with Gasteiger partial charge in [-0.1, -0.05) is 50.2 Å². The van der Waals surface area contributed by atoms with Gasteiger partial charge in [0.2, 0.25) is 11.6 Å². The molecule has 1 aliphatic rings. The average Bonchev–Trinajstić information content (AvgIpc) is 2.70. The van der Waals surface area contributed by atoms with Gasteiger partial charge in [-0.3, -0.25) is 14.3 Å². The number of aryl methyl sites for hydroxylation is 1. The van der Waals surface area contributed by atoms with Crippen molar-refractivity contribution < 1.29 is 18.0 Å². The molecular formula is C23H26N2O4S. The molecule has 0 saturated heterocycles. The van der Waals surface area contributed by atoms with Crippen LogP contribution in [0.5, 0.6) is 0 Å². The second kappa shape index (κ2) is 8.83. The van der Waals surface area contributed by atoms with Gasteiger partial charge in [0.1, 0.15) is 5.70 Å². The summed E-state index contributed by atoms with van der Waals surface area (Å²) in [6.45, 7) is 6.71. The van der Waals surface area contributed by atoms with E-state index >= 15 is 0 Å². The SMILES string of the molecule is CCCN(CCC)C1=C(S(=O)(=O)Nc2cccc(C)c2)C(=O)c2ccccc2C1=O. The maximum Gasteiger partial charge on any atom is 0.268 e. The number of nitrogens with zero attached hydrogens (tertiary/aromatic N) is 1. The summed E-state index contributed by atoms with van der Waals surface area (Å²) in [5.74, 6) is -1.09. The Balaban J connectivity index is 2.21. The monoisotopic (exact) mass is 426 g/mol. The number of ketones is 2. The smallest absolute Gasteiger partial charge is 0.268 e. The zero-order chi connectivity index (χ0) is 21.9. The van der Waals surface area contributed by atoms with Crippen LogP contribution in [0.25, 0.3) is 0 Å². The van der Waals surface area contributed by atoms with E-state index in [-0.39, 0.29) is 16.8 Å². The van der Waals surface area contributed by atoms with E-state index < -0.39 is 26.5 Å². The van der Waals surface area contributed by atoms with Crippen molar-refractivity contribution in [3.63, 3.8) is 0 Å². The van der Waals surface area contributed by atoms with Gasteiger partial charge < -0.3 is 4.90 Å². The van der Waals surface area contributed by atoms with E-state index in [1.807, 2.05) is 26.8 Å². The van der Waals surface area contributed by atoms with Crippen LogP contribution in [0.1, 0.15) is 53.0 Å². The minimum absolute atomic E-state index is 0.0393. The summed E-state index contributed by atoms with van der Waals surface area (Å²) in [4.78, 5) is 28.0. The highest BCUT2D eigenvalue weighted by Gasteiger charge is 2.41. The molecule has 2 aromatic rings. The molecular weight excluding hydrogens is 400 g/mol. The summed E-state index contributed by atoms with van der Waals surface area (Å²) in [6.07, 6.45) is 1.43. The molecule has 30 heavy (non-hydrogen) atoms. The maximum absolute atomic E-state index is 13.4. The van der Waals surface area contributed by atoms with Crippen LogP contribution >= 0.6 is 0 Å². The quantitative estimate of drug-likeness (QED) is 0.686. The Hall–Kier alpha value is -2.93. The molecule has 0 spiro atoms. The summed E-state index contributed by atoms with van der Waals surface area (Å²) >= 11 is 0. The summed E-state index contributed by atoms with van der Waals surface area (Å²) in [5.41, 5.74) is 1.54. The summed E-state index contributed by atoms with van der Waals surface area (Å²) < 4.78 is 29.3. The lowest BCUT2D eigenvalue weighted by atomic mass is 9.91. The molecule has 0 aliphatic heterocycles. The van der Waals surface area contributed by atoms with E-state index in [4.69, 9.17) is 0 Å². The average molecular weight is 427 g/mol. The number of Topliss-reactive ketones (excluding diaryl/α,β-unsaturated/α-hetero) is 2. The molecule has 0 radical (unpaired) electrons. The number of hydrogen-bond acceptors (Lipinski definition) is 5. The van der Waals surface area contributed by atoms with E-state index in [9.17, 15) is 18.0 Å². The van der Waals surface area contributed by atoms with Gasteiger partial charge in [0.25, 0.3) is 10.0 Å². The van der Waals surface area contributed by atoms with Gasteiger partial charge in [-0.2, -0.15) is 0 Å². The Labute approximate surface area is 177 Å². The number of carbonyl (C=O) groups is 2. The number of hydrogen-bond donors (Lipinski definition) is 1. The first-order valence-electron chi connectivity index (χ1n) is 10.1. The molecule has 0 saturated carbocycles. The molecule has 158 valence electrons. The first-order chi connectivity index (χ1) is 14.3.